The van der Waals surface area contributed by atoms with Crippen LogP contribution in [0.5, 0.6) is 5.75 Å². The monoisotopic (exact) mass is 479 g/mol. The Morgan fingerprint density at radius 3 is 2.62 bits per heavy atom. The maximum Gasteiger partial charge on any atom is 0.293 e. The Bertz CT molecular complexity index is 851. The summed E-state index contributed by atoms with van der Waals surface area (Å²) >= 11 is 3.19. The third kappa shape index (κ3) is 4.48. The zero-order chi connectivity index (χ0) is 18.5. The van der Waals surface area contributed by atoms with E-state index in [2.05, 4.69) is 34.7 Å². The Balaban J connectivity index is 1.65. The molecule has 1 aliphatic heterocycles. The number of halogens is 1. The summed E-state index contributed by atoms with van der Waals surface area (Å²) < 4.78 is 6.20. The summed E-state index contributed by atoms with van der Waals surface area (Å²) in [5.41, 5.74) is 2.09. The summed E-state index contributed by atoms with van der Waals surface area (Å²) in [5.74, 6) is 0.579. The van der Waals surface area contributed by atoms with Gasteiger partial charge in [0.05, 0.1) is 15.6 Å². The van der Waals surface area contributed by atoms with Crippen molar-refractivity contribution in [3.63, 3.8) is 0 Å². The lowest BCUT2D eigenvalue weighted by Crippen LogP contribution is -2.29. The Labute approximate surface area is 170 Å². The van der Waals surface area contributed by atoms with Crippen LogP contribution in [0.25, 0.3) is 6.08 Å². The molecule has 0 unspecified atom stereocenters. The van der Waals surface area contributed by atoms with Crippen LogP contribution < -0.4 is 4.74 Å². The molecule has 0 radical (unpaired) electrons. The molecular formula is C20H18INO3S. The molecule has 1 aliphatic rings. The number of ether oxygens (including phenoxy) is 1. The Kier molecular flexibility index (Phi) is 6.37. The molecule has 4 nitrogen and oxygen atoms in total. The highest BCUT2D eigenvalue weighted by atomic mass is 127. The van der Waals surface area contributed by atoms with E-state index in [1.807, 2.05) is 36.4 Å². The topological polar surface area (TPSA) is 46.6 Å². The first kappa shape index (κ1) is 19.0. The van der Waals surface area contributed by atoms with Gasteiger partial charge >= 0.3 is 0 Å². The first-order chi connectivity index (χ1) is 12.6. The number of nitrogens with zero attached hydrogens (tertiary/aromatic N) is 1. The summed E-state index contributed by atoms with van der Waals surface area (Å²) in [6, 6.07) is 15.7. The number of amides is 2. The van der Waals surface area contributed by atoms with E-state index in [1.54, 1.807) is 13.2 Å². The summed E-state index contributed by atoms with van der Waals surface area (Å²) in [6.07, 6.45) is 3.37. The fourth-order valence-corrected chi connectivity index (χ4v) is 4.33. The Morgan fingerprint density at radius 2 is 1.92 bits per heavy atom. The van der Waals surface area contributed by atoms with Crippen molar-refractivity contribution in [2.24, 2.45) is 0 Å². The van der Waals surface area contributed by atoms with Crippen LogP contribution in [-0.2, 0) is 11.2 Å². The minimum Gasteiger partial charge on any atom is -0.496 e. The maximum absolute atomic E-state index is 12.6. The summed E-state index contributed by atoms with van der Waals surface area (Å²) in [5, 5.41) is -0.197. The predicted octanol–water partition coefficient (Wildman–Crippen LogP) is 4.97. The lowest BCUT2D eigenvalue weighted by molar-refractivity contribution is -0.122. The zero-order valence-electron chi connectivity index (χ0n) is 14.3. The van der Waals surface area contributed by atoms with Crippen LogP contribution in [0.1, 0.15) is 17.5 Å². The van der Waals surface area contributed by atoms with E-state index in [9.17, 15) is 9.59 Å². The number of hydrogen-bond donors (Lipinski definition) is 0. The van der Waals surface area contributed by atoms with Crippen LogP contribution in [0.3, 0.4) is 0 Å². The van der Waals surface area contributed by atoms with Crippen molar-refractivity contribution >= 4 is 51.6 Å². The molecular weight excluding hydrogens is 461 g/mol. The molecule has 0 spiro atoms. The lowest BCUT2D eigenvalue weighted by atomic mass is 10.1. The van der Waals surface area contributed by atoms with Crippen LogP contribution >= 0.6 is 34.4 Å². The van der Waals surface area contributed by atoms with Crippen LogP contribution in [0.4, 0.5) is 4.79 Å². The highest BCUT2D eigenvalue weighted by Gasteiger charge is 2.34. The fraction of sp³-hybridized carbons (Fsp3) is 0.200. The number of hydrogen-bond acceptors (Lipinski definition) is 4. The van der Waals surface area contributed by atoms with E-state index in [1.165, 1.54) is 10.5 Å². The van der Waals surface area contributed by atoms with Gasteiger partial charge in [-0.25, -0.2) is 0 Å². The fourth-order valence-electron chi connectivity index (χ4n) is 2.70. The number of benzene rings is 2. The maximum atomic E-state index is 12.6. The molecule has 6 heteroatoms. The Morgan fingerprint density at radius 1 is 1.15 bits per heavy atom. The van der Waals surface area contributed by atoms with E-state index in [4.69, 9.17) is 4.74 Å². The summed E-state index contributed by atoms with van der Waals surface area (Å²) in [7, 11) is 1.62. The SMILES string of the molecule is COc1ccc(/C=C2/SC(=O)N(CCCc3ccccc3)C2=O)cc1I. The van der Waals surface area contributed by atoms with Gasteiger partial charge < -0.3 is 4.74 Å². The van der Waals surface area contributed by atoms with Gasteiger partial charge in [0.25, 0.3) is 11.1 Å². The van der Waals surface area contributed by atoms with Gasteiger partial charge in [-0.1, -0.05) is 36.4 Å². The number of aryl methyl sites for hydroxylation is 1. The smallest absolute Gasteiger partial charge is 0.293 e. The van der Waals surface area contributed by atoms with Crippen molar-refractivity contribution < 1.29 is 14.3 Å². The molecule has 1 fully saturated rings. The Hall–Kier alpha value is -1.80. The molecule has 3 rings (SSSR count). The molecule has 0 N–H and O–H groups in total. The normalized spacial score (nSPS) is 15.8. The second kappa shape index (κ2) is 8.73. The molecule has 1 heterocycles. The number of rotatable bonds is 6. The minimum absolute atomic E-state index is 0.197. The van der Waals surface area contributed by atoms with Gasteiger partial charge in [-0.3, -0.25) is 14.5 Å². The number of carbonyl (C=O) groups excluding carboxylic acids is 2. The lowest BCUT2D eigenvalue weighted by Gasteiger charge is -2.12. The summed E-state index contributed by atoms with van der Waals surface area (Å²) in [4.78, 5) is 26.6. The molecule has 0 saturated carbocycles. The van der Waals surface area contributed by atoms with Crippen molar-refractivity contribution in [1.82, 2.24) is 4.90 Å². The molecule has 0 atom stereocenters. The molecule has 134 valence electrons. The third-order valence-corrected chi connectivity index (χ3v) is 5.79. The van der Waals surface area contributed by atoms with E-state index in [-0.39, 0.29) is 11.1 Å². The molecule has 2 aromatic carbocycles. The van der Waals surface area contributed by atoms with Crippen LogP contribution in [0, 0.1) is 3.57 Å². The van der Waals surface area contributed by atoms with E-state index < -0.39 is 0 Å². The van der Waals surface area contributed by atoms with Crippen molar-refractivity contribution in [3.8, 4) is 5.75 Å². The van der Waals surface area contributed by atoms with Gasteiger partial charge in [-0.05, 0) is 76.5 Å². The van der Waals surface area contributed by atoms with Gasteiger partial charge in [0.2, 0.25) is 0 Å². The molecule has 2 amide bonds. The van der Waals surface area contributed by atoms with Gasteiger partial charge in [-0.15, -0.1) is 0 Å². The van der Waals surface area contributed by atoms with Gasteiger partial charge in [-0.2, -0.15) is 0 Å². The molecule has 1 saturated heterocycles. The molecule has 0 aliphatic carbocycles. The predicted molar refractivity (Wildman–Crippen MR) is 113 cm³/mol. The van der Waals surface area contributed by atoms with Crippen LogP contribution in [0.2, 0.25) is 0 Å². The molecule has 2 aromatic rings. The van der Waals surface area contributed by atoms with E-state index in [0.29, 0.717) is 11.4 Å². The standard InChI is InChI=1S/C20H18INO3S/c1-25-17-10-9-15(12-16(17)21)13-18-19(23)22(20(24)26-18)11-5-8-14-6-3-2-4-7-14/h2-4,6-7,9-10,12-13H,5,8,11H2,1H3/b18-13+. The molecule has 26 heavy (non-hydrogen) atoms. The second-order valence-corrected chi connectivity index (χ2v) is 7.97. The van der Waals surface area contributed by atoms with Crippen molar-refractivity contribution in [2.75, 3.05) is 13.7 Å². The number of thioether (sulfide) groups is 1. The van der Waals surface area contributed by atoms with E-state index >= 15 is 0 Å². The second-order valence-electron chi connectivity index (χ2n) is 5.82. The number of carbonyl (C=O) groups is 2. The number of methoxy groups -OCH3 is 1. The largest absolute Gasteiger partial charge is 0.496 e. The van der Waals surface area contributed by atoms with E-state index in [0.717, 1.165) is 39.5 Å². The number of imide groups is 1. The average Bonchev–Trinajstić information content (AvgIpc) is 2.90. The highest BCUT2D eigenvalue weighted by molar-refractivity contribution is 14.1. The average molecular weight is 479 g/mol. The van der Waals surface area contributed by atoms with Crippen molar-refractivity contribution in [1.29, 1.82) is 0 Å². The first-order valence-corrected chi connectivity index (χ1v) is 10.1. The third-order valence-electron chi connectivity index (χ3n) is 4.04. The zero-order valence-corrected chi connectivity index (χ0v) is 17.2. The highest BCUT2D eigenvalue weighted by Crippen LogP contribution is 2.33. The first-order valence-electron chi connectivity index (χ1n) is 8.21. The molecule has 0 aromatic heterocycles. The van der Waals surface area contributed by atoms with Crippen molar-refractivity contribution in [3.05, 3.63) is 68.1 Å². The van der Waals surface area contributed by atoms with Crippen molar-refractivity contribution in [2.45, 2.75) is 12.8 Å². The summed E-state index contributed by atoms with van der Waals surface area (Å²) in [6.45, 7) is 0.442. The quantitative estimate of drug-likeness (QED) is 0.434. The van der Waals surface area contributed by atoms with Gasteiger partial charge in [0, 0.05) is 6.54 Å². The molecule has 0 bridgehead atoms. The van der Waals surface area contributed by atoms with Gasteiger partial charge in [0.1, 0.15) is 5.75 Å². The van der Waals surface area contributed by atoms with Crippen LogP contribution in [0.15, 0.2) is 53.4 Å². The van der Waals surface area contributed by atoms with Crippen LogP contribution in [-0.4, -0.2) is 29.7 Å². The minimum atomic E-state index is -0.209. The van der Waals surface area contributed by atoms with Gasteiger partial charge in [0.15, 0.2) is 0 Å².